The van der Waals surface area contributed by atoms with Gasteiger partial charge >= 0.3 is 0 Å². The molecule has 9 heavy (non-hydrogen) atoms. The van der Waals surface area contributed by atoms with Crippen LogP contribution in [-0.4, -0.2) is 10.5 Å². The van der Waals surface area contributed by atoms with Gasteiger partial charge in [-0.1, -0.05) is 20.8 Å². The van der Waals surface area contributed by atoms with Gasteiger partial charge in [0.05, 0.1) is 0 Å². The maximum absolute atomic E-state index is 2.36. The zero-order chi connectivity index (χ0) is 6.91. The summed E-state index contributed by atoms with van der Waals surface area (Å²) in [6, 6.07) is 0. The standard InChI is InChI=1S/C8H16S/c1-7-4-5-9-8(2,3)6-7/h7H,4-6H2,1-3H3. The van der Waals surface area contributed by atoms with E-state index >= 15 is 0 Å². The van der Waals surface area contributed by atoms with Gasteiger partial charge in [-0.3, -0.25) is 0 Å². The monoisotopic (exact) mass is 144 g/mol. The Morgan fingerprint density at radius 2 is 2.11 bits per heavy atom. The highest BCUT2D eigenvalue weighted by atomic mass is 32.2. The lowest BCUT2D eigenvalue weighted by atomic mass is 9.95. The quantitative estimate of drug-likeness (QED) is 0.503. The van der Waals surface area contributed by atoms with Crippen LogP contribution in [0.5, 0.6) is 0 Å². The topological polar surface area (TPSA) is 0 Å². The molecule has 1 heterocycles. The second-order valence-electron chi connectivity index (χ2n) is 3.71. The van der Waals surface area contributed by atoms with Crippen LogP contribution < -0.4 is 0 Å². The van der Waals surface area contributed by atoms with Gasteiger partial charge in [0.15, 0.2) is 0 Å². The van der Waals surface area contributed by atoms with Gasteiger partial charge in [-0.05, 0) is 24.5 Å². The van der Waals surface area contributed by atoms with E-state index in [1.54, 1.807) is 0 Å². The Hall–Kier alpha value is 0.350. The van der Waals surface area contributed by atoms with Crippen LogP contribution in [-0.2, 0) is 0 Å². The Balaban J connectivity index is 2.41. The number of rotatable bonds is 0. The average Bonchev–Trinajstić information content (AvgIpc) is 1.60. The highest BCUT2D eigenvalue weighted by molar-refractivity contribution is 8.00. The van der Waals surface area contributed by atoms with E-state index in [0.717, 1.165) is 5.92 Å². The molecule has 1 aliphatic heterocycles. The maximum Gasteiger partial charge on any atom is 0.0106 e. The van der Waals surface area contributed by atoms with Crippen molar-refractivity contribution in [1.82, 2.24) is 0 Å². The largest absolute Gasteiger partial charge is 0.156 e. The van der Waals surface area contributed by atoms with E-state index in [2.05, 4.69) is 32.5 Å². The molecule has 0 saturated carbocycles. The normalized spacial score (nSPS) is 34.3. The highest BCUT2D eigenvalue weighted by Crippen LogP contribution is 2.38. The molecule has 0 nitrogen and oxygen atoms in total. The Morgan fingerprint density at radius 3 is 2.44 bits per heavy atom. The summed E-state index contributed by atoms with van der Waals surface area (Å²) in [7, 11) is 0. The second-order valence-corrected chi connectivity index (χ2v) is 5.51. The molecule has 1 aliphatic rings. The lowest BCUT2D eigenvalue weighted by molar-refractivity contribution is 0.441. The first kappa shape index (κ1) is 7.46. The van der Waals surface area contributed by atoms with Crippen LogP contribution in [0.2, 0.25) is 0 Å². The fourth-order valence-electron chi connectivity index (χ4n) is 1.54. The minimum Gasteiger partial charge on any atom is -0.156 e. The molecule has 0 bridgehead atoms. The first-order valence-corrected chi connectivity index (χ1v) is 4.73. The summed E-state index contributed by atoms with van der Waals surface area (Å²) in [6.45, 7) is 7.07. The van der Waals surface area contributed by atoms with Crippen LogP contribution in [0.3, 0.4) is 0 Å². The predicted molar refractivity (Wildman–Crippen MR) is 44.9 cm³/mol. The third-order valence-electron chi connectivity index (χ3n) is 1.94. The van der Waals surface area contributed by atoms with Gasteiger partial charge < -0.3 is 0 Å². The van der Waals surface area contributed by atoms with Crippen LogP contribution >= 0.6 is 11.8 Å². The molecule has 1 atom stereocenters. The molecule has 0 aliphatic carbocycles. The molecular formula is C8H16S. The minimum atomic E-state index is 0.567. The maximum atomic E-state index is 2.36. The van der Waals surface area contributed by atoms with Crippen LogP contribution in [0, 0.1) is 5.92 Å². The Labute approximate surface area is 62.4 Å². The van der Waals surface area contributed by atoms with E-state index in [1.165, 1.54) is 18.6 Å². The van der Waals surface area contributed by atoms with Crippen molar-refractivity contribution in [3.8, 4) is 0 Å². The van der Waals surface area contributed by atoms with Gasteiger partial charge in [-0.15, -0.1) is 0 Å². The Morgan fingerprint density at radius 1 is 1.44 bits per heavy atom. The van der Waals surface area contributed by atoms with E-state index in [1.807, 2.05) is 0 Å². The SMILES string of the molecule is CC1CCSC(C)(C)C1. The van der Waals surface area contributed by atoms with E-state index in [4.69, 9.17) is 0 Å². The van der Waals surface area contributed by atoms with Crippen LogP contribution in [0.25, 0.3) is 0 Å². The van der Waals surface area contributed by atoms with Crippen molar-refractivity contribution in [3.63, 3.8) is 0 Å². The third-order valence-corrected chi connectivity index (χ3v) is 3.33. The summed E-state index contributed by atoms with van der Waals surface area (Å²) in [5.41, 5.74) is 0. The number of hydrogen-bond donors (Lipinski definition) is 0. The highest BCUT2D eigenvalue weighted by Gasteiger charge is 2.25. The Kier molecular flexibility index (Phi) is 2.10. The van der Waals surface area contributed by atoms with E-state index in [9.17, 15) is 0 Å². The first-order chi connectivity index (χ1) is 4.10. The van der Waals surface area contributed by atoms with Gasteiger partial charge in [-0.25, -0.2) is 0 Å². The van der Waals surface area contributed by atoms with Crippen molar-refractivity contribution < 1.29 is 0 Å². The van der Waals surface area contributed by atoms with Crippen molar-refractivity contribution in [3.05, 3.63) is 0 Å². The molecule has 0 spiro atoms. The first-order valence-electron chi connectivity index (χ1n) is 3.74. The van der Waals surface area contributed by atoms with Crippen molar-refractivity contribution in [2.45, 2.75) is 38.4 Å². The molecule has 0 aromatic heterocycles. The lowest BCUT2D eigenvalue weighted by Gasteiger charge is -2.32. The van der Waals surface area contributed by atoms with Crippen molar-refractivity contribution >= 4 is 11.8 Å². The molecule has 1 unspecified atom stereocenters. The van der Waals surface area contributed by atoms with Crippen LogP contribution in [0.15, 0.2) is 0 Å². The van der Waals surface area contributed by atoms with Crippen LogP contribution in [0.1, 0.15) is 33.6 Å². The molecule has 1 saturated heterocycles. The summed E-state index contributed by atoms with van der Waals surface area (Å²) in [4.78, 5) is 0. The molecular weight excluding hydrogens is 128 g/mol. The fourth-order valence-corrected chi connectivity index (χ4v) is 3.01. The van der Waals surface area contributed by atoms with E-state index < -0.39 is 0 Å². The molecule has 1 heteroatoms. The van der Waals surface area contributed by atoms with E-state index in [0.29, 0.717) is 4.75 Å². The minimum absolute atomic E-state index is 0.567. The third kappa shape index (κ3) is 2.21. The molecule has 0 radical (unpaired) electrons. The van der Waals surface area contributed by atoms with Crippen LogP contribution in [0.4, 0.5) is 0 Å². The predicted octanol–water partition coefficient (Wildman–Crippen LogP) is 2.93. The number of hydrogen-bond acceptors (Lipinski definition) is 1. The zero-order valence-electron chi connectivity index (χ0n) is 6.61. The van der Waals surface area contributed by atoms with Gasteiger partial charge in [0.1, 0.15) is 0 Å². The molecule has 54 valence electrons. The summed E-state index contributed by atoms with van der Waals surface area (Å²) in [5, 5.41) is 0. The van der Waals surface area contributed by atoms with Gasteiger partial charge in [0.25, 0.3) is 0 Å². The molecule has 1 rings (SSSR count). The molecule has 0 N–H and O–H groups in total. The van der Waals surface area contributed by atoms with Crippen molar-refractivity contribution in [2.24, 2.45) is 5.92 Å². The lowest BCUT2D eigenvalue weighted by Crippen LogP contribution is -2.24. The Bertz CT molecular complexity index is 96.7. The summed E-state index contributed by atoms with van der Waals surface area (Å²) >= 11 is 2.12. The van der Waals surface area contributed by atoms with E-state index in [-0.39, 0.29) is 0 Å². The number of thioether (sulfide) groups is 1. The zero-order valence-corrected chi connectivity index (χ0v) is 7.42. The smallest absolute Gasteiger partial charge is 0.0106 e. The fraction of sp³-hybridized carbons (Fsp3) is 1.00. The summed E-state index contributed by atoms with van der Waals surface area (Å²) in [6.07, 6.45) is 2.83. The summed E-state index contributed by atoms with van der Waals surface area (Å²) < 4.78 is 0.567. The van der Waals surface area contributed by atoms with Crippen molar-refractivity contribution in [1.29, 1.82) is 0 Å². The van der Waals surface area contributed by atoms with Crippen molar-refractivity contribution in [2.75, 3.05) is 5.75 Å². The molecule has 0 aromatic carbocycles. The summed E-state index contributed by atoms with van der Waals surface area (Å²) in [5.74, 6) is 2.33. The second kappa shape index (κ2) is 2.53. The van der Waals surface area contributed by atoms with Gasteiger partial charge in [0, 0.05) is 4.75 Å². The van der Waals surface area contributed by atoms with Gasteiger partial charge in [0.2, 0.25) is 0 Å². The van der Waals surface area contributed by atoms with Gasteiger partial charge in [-0.2, -0.15) is 11.8 Å². The molecule has 1 fully saturated rings. The molecule has 0 aromatic rings. The molecule has 0 amide bonds. The average molecular weight is 144 g/mol.